The van der Waals surface area contributed by atoms with E-state index in [1.54, 1.807) is 24.3 Å². The lowest BCUT2D eigenvalue weighted by Gasteiger charge is -2.29. The van der Waals surface area contributed by atoms with Gasteiger partial charge in [-0.3, -0.25) is 14.5 Å². The summed E-state index contributed by atoms with van der Waals surface area (Å²) >= 11 is 0. The normalized spacial score (nSPS) is 16.7. The quantitative estimate of drug-likeness (QED) is 0.681. The van der Waals surface area contributed by atoms with Gasteiger partial charge in [0.15, 0.2) is 5.78 Å². The van der Waals surface area contributed by atoms with Crippen LogP contribution >= 0.6 is 0 Å². The Bertz CT molecular complexity index is 1030. The minimum absolute atomic E-state index is 0.120. The fraction of sp³-hybridized carbons (Fsp3) is 0.348. The molecule has 29 heavy (non-hydrogen) atoms. The van der Waals surface area contributed by atoms with Crippen molar-refractivity contribution in [1.29, 1.82) is 5.26 Å². The second-order valence-electron chi connectivity index (χ2n) is 7.44. The molecule has 1 aliphatic heterocycles. The van der Waals surface area contributed by atoms with E-state index in [9.17, 15) is 9.59 Å². The second kappa shape index (κ2) is 7.69. The molecule has 0 atom stereocenters. The van der Waals surface area contributed by atoms with Gasteiger partial charge in [0.1, 0.15) is 11.5 Å². The first-order valence-electron chi connectivity index (χ1n) is 9.66. The highest BCUT2D eigenvalue weighted by atomic mass is 16.5. The van der Waals surface area contributed by atoms with Crippen LogP contribution in [0.5, 0.6) is 11.5 Å². The zero-order valence-corrected chi connectivity index (χ0v) is 16.5. The Hall–Kier alpha value is -3.17. The molecule has 0 saturated carbocycles. The SMILES string of the molecule is COc1cccc2c1C(=O)c1c(OC)cc(CN3CCC(C#N)CC3)cc1C2=O. The minimum atomic E-state index is -0.259. The van der Waals surface area contributed by atoms with Gasteiger partial charge in [0.25, 0.3) is 0 Å². The van der Waals surface area contributed by atoms with E-state index < -0.39 is 0 Å². The third-order valence-corrected chi connectivity index (χ3v) is 5.75. The van der Waals surface area contributed by atoms with Crippen molar-refractivity contribution < 1.29 is 19.1 Å². The summed E-state index contributed by atoms with van der Waals surface area (Å²) in [5.41, 5.74) is 2.23. The van der Waals surface area contributed by atoms with E-state index in [2.05, 4.69) is 11.0 Å². The first kappa shape index (κ1) is 19.2. The zero-order valence-electron chi connectivity index (χ0n) is 16.5. The molecule has 2 aromatic carbocycles. The van der Waals surface area contributed by atoms with E-state index in [0.717, 1.165) is 31.5 Å². The lowest BCUT2D eigenvalue weighted by Crippen LogP contribution is -2.33. The van der Waals surface area contributed by atoms with Gasteiger partial charge in [-0.2, -0.15) is 5.26 Å². The summed E-state index contributed by atoms with van der Waals surface area (Å²) in [6, 6.07) is 11.0. The zero-order chi connectivity index (χ0) is 20.5. The fourth-order valence-electron chi connectivity index (χ4n) is 4.21. The highest BCUT2D eigenvalue weighted by Crippen LogP contribution is 2.38. The van der Waals surface area contributed by atoms with Crippen molar-refractivity contribution in [3.05, 3.63) is 58.1 Å². The predicted molar refractivity (Wildman–Crippen MR) is 106 cm³/mol. The van der Waals surface area contributed by atoms with E-state index >= 15 is 0 Å². The molecule has 1 aliphatic carbocycles. The average Bonchev–Trinajstić information content (AvgIpc) is 2.76. The summed E-state index contributed by atoms with van der Waals surface area (Å²) in [5.74, 6) is 0.453. The molecular weight excluding hydrogens is 368 g/mol. The van der Waals surface area contributed by atoms with E-state index in [1.807, 2.05) is 6.07 Å². The van der Waals surface area contributed by atoms with Crippen molar-refractivity contribution in [3.8, 4) is 17.6 Å². The Balaban J connectivity index is 1.72. The van der Waals surface area contributed by atoms with Crippen LogP contribution in [-0.4, -0.2) is 43.8 Å². The van der Waals surface area contributed by atoms with Crippen LogP contribution in [0.3, 0.4) is 0 Å². The monoisotopic (exact) mass is 390 g/mol. The standard InChI is InChI=1S/C23H22N2O4/c1-28-18-5-3-4-16-20(18)23(27)21-17(22(16)26)10-15(11-19(21)29-2)13-25-8-6-14(12-24)7-9-25/h3-5,10-11,14H,6-9,13H2,1-2H3. The van der Waals surface area contributed by atoms with Crippen LogP contribution in [0.25, 0.3) is 0 Å². The largest absolute Gasteiger partial charge is 0.496 e. The maximum Gasteiger partial charge on any atom is 0.201 e. The van der Waals surface area contributed by atoms with Gasteiger partial charge in [-0.25, -0.2) is 0 Å². The smallest absolute Gasteiger partial charge is 0.201 e. The van der Waals surface area contributed by atoms with E-state index in [-0.39, 0.29) is 23.0 Å². The second-order valence-corrected chi connectivity index (χ2v) is 7.44. The Morgan fingerprint density at radius 2 is 1.69 bits per heavy atom. The number of rotatable bonds is 4. The number of hydrogen-bond acceptors (Lipinski definition) is 6. The van der Waals surface area contributed by atoms with Crippen LogP contribution in [-0.2, 0) is 6.54 Å². The topological polar surface area (TPSA) is 79.6 Å². The number of carbonyl (C=O) groups excluding carboxylic acids is 2. The highest BCUT2D eigenvalue weighted by Gasteiger charge is 2.35. The van der Waals surface area contributed by atoms with Gasteiger partial charge in [-0.05, 0) is 49.7 Å². The Morgan fingerprint density at radius 3 is 2.34 bits per heavy atom. The van der Waals surface area contributed by atoms with Crippen molar-refractivity contribution >= 4 is 11.6 Å². The molecule has 4 rings (SSSR count). The summed E-state index contributed by atoms with van der Waals surface area (Å²) in [4.78, 5) is 28.7. The van der Waals surface area contributed by atoms with Crippen LogP contribution < -0.4 is 9.47 Å². The minimum Gasteiger partial charge on any atom is -0.496 e. The van der Waals surface area contributed by atoms with Gasteiger partial charge in [-0.15, -0.1) is 0 Å². The van der Waals surface area contributed by atoms with Gasteiger partial charge < -0.3 is 9.47 Å². The summed E-state index contributed by atoms with van der Waals surface area (Å²) in [6.45, 7) is 2.32. The molecule has 148 valence electrons. The van der Waals surface area contributed by atoms with Crippen LogP contribution in [0.1, 0.15) is 50.2 Å². The molecule has 0 amide bonds. The van der Waals surface area contributed by atoms with Gasteiger partial charge in [-0.1, -0.05) is 12.1 Å². The van der Waals surface area contributed by atoms with Crippen molar-refractivity contribution in [2.45, 2.75) is 19.4 Å². The highest BCUT2D eigenvalue weighted by molar-refractivity contribution is 6.30. The van der Waals surface area contributed by atoms with Crippen molar-refractivity contribution in [2.75, 3.05) is 27.3 Å². The maximum absolute atomic E-state index is 13.2. The molecule has 6 nitrogen and oxygen atoms in total. The lowest BCUT2D eigenvalue weighted by molar-refractivity contribution is 0.0973. The van der Waals surface area contributed by atoms with Gasteiger partial charge in [0.05, 0.1) is 31.4 Å². The van der Waals surface area contributed by atoms with E-state index in [1.165, 1.54) is 14.2 Å². The van der Waals surface area contributed by atoms with Crippen LogP contribution in [0.2, 0.25) is 0 Å². The molecular formula is C23H22N2O4. The average molecular weight is 390 g/mol. The third-order valence-electron chi connectivity index (χ3n) is 5.75. The first-order valence-corrected chi connectivity index (χ1v) is 9.66. The maximum atomic E-state index is 13.2. The predicted octanol–water partition coefficient (Wildman–Crippen LogP) is 3.21. The summed E-state index contributed by atoms with van der Waals surface area (Å²) in [5, 5.41) is 9.08. The molecule has 1 heterocycles. The number of nitriles is 1. The van der Waals surface area contributed by atoms with Gasteiger partial charge in [0.2, 0.25) is 5.78 Å². The van der Waals surface area contributed by atoms with Crippen LogP contribution in [0, 0.1) is 17.2 Å². The molecule has 2 aromatic rings. The Morgan fingerprint density at radius 1 is 1.00 bits per heavy atom. The summed E-state index contributed by atoms with van der Waals surface area (Å²) in [6.07, 6.45) is 1.70. The molecule has 0 radical (unpaired) electrons. The number of ketones is 2. The van der Waals surface area contributed by atoms with E-state index in [0.29, 0.717) is 34.7 Å². The van der Waals surface area contributed by atoms with Crippen molar-refractivity contribution in [1.82, 2.24) is 4.90 Å². The number of benzene rings is 2. The summed E-state index contributed by atoms with van der Waals surface area (Å²) in [7, 11) is 2.99. The molecule has 1 fully saturated rings. The van der Waals surface area contributed by atoms with Gasteiger partial charge >= 0.3 is 0 Å². The number of ether oxygens (including phenoxy) is 2. The Labute approximate surface area is 169 Å². The molecule has 6 heteroatoms. The Kier molecular flexibility index (Phi) is 5.08. The number of carbonyl (C=O) groups is 2. The number of likely N-dealkylation sites (tertiary alicyclic amines) is 1. The molecule has 0 N–H and O–H groups in total. The molecule has 0 spiro atoms. The number of nitrogens with zero attached hydrogens (tertiary/aromatic N) is 2. The van der Waals surface area contributed by atoms with Crippen LogP contribution in [0.15, 0.2) is 30.3 Å². The van der Waals surface area contributed by atoms with E-state index in [4.69, 9.17) is 14.7 Å². The molecule has 0 aromatic heterocycles. The number of piperidine rings is 1. The molecule has 1 saturated heterocycles. The molecule has 0 unspecified atom stereocenters. The number of methoxy groups -OCH3 is 2. The molecule has 0 bridgehead atoms. The molecule has 2 aliphatic rings. The fourth-order valence-corrected chi connectivity index (χ4v) is 4.21. The van der Waals surface area contributed by atoms with Crippen molar-refractivity contribution in [2.24, 2.45) is 5.92 Å². The third kappa shape index (κ3) is 3.28. The number of fused-ring (bicyclic) bond motifs is 2. The van der Waals surface area contributed by atoms with Crippen LogP contribution in [0.4, 0.5) is 0 Å². The first-order chi connectivity index (χ1) is 14.1. The number of hydrogen-bond donors (Lipinski definition) is 0. The van der Waals surface area contributed by atoms with Crippen molar-refractivity contribution in [3.63, 3.8) is 0 Å². The van der Waals surface area contributed by atoms with Gasteiger partial charge in [0, 0.05) is 23.6 Å². The lowest BCUT2D eigenvalue weighted by atomic mass is 9.82. The summed E-state index contributed by atoms with van der Waals surface area (Å²) < 4.78 is 10.8.